The van der Waals surface area contributed by atoms with Crippen LogP contribution in [-0.4, -0.2) is 77.6 Å². The average Bonchev–Trinajstić information content (AvgIpc) is 2.69. The average molecular weight is 360 g/mol. The molecular formula is C19H28N4O3. The summed E-state index contributed by atoms with van der Waals surface area (Å²) in [6.07, 6.45) is 3.22. The summed E-state index contributed by atoms with van der Waals surface area (Å²) in [6, 6.07) is 5.95. The van der Waals surface area contributed by atoms with Crippen molar-refractivity contribution >= 4 is 12.0 Å². The number of carbonyl (C=O) groups is 2. The lowest BCUT2D eigenvalue weighted by Gasteiger charge is -2.38. The van der Waals surface area contributed by atoms with Gasteiger partial charge in [-0.05, 0) is 31.9 Å². The zero-order valence-corrected chi connectivity index (χ0v) is 15.5. The second kappa shape index (κ2) is 8.98. The Bertz CT molecular complexity index is 602. The molecule has 1 aromatic rings. The molecule has 0 spiro atoms. The fraction of sp³-hybridized carbons (Fsp3) is 0.632. The summed E-state index contributed by atoms with van der Waals surface area (Å²) in [6.45, 7) is 7.34. The van der Waals surface area contributed by atoms with Crippen molar-refractivity contribution in [2.45, 2.75) is 26.3 Å². The molecule has 7 nitrogen and oxygen atoms in total. The zero-order chi connectivity index (χ0) is 18.4. The molecule has 2 aliphatic rings. The molecule has 2 saturated heterocycles. The van der Waals surface area contributed by atoms with E-state index in [4.69, 9.17) is 4.74 Å². The van der Waals surface area contributed by atoms with Gasteiger partial charge in [-0.1, -0.05) is 6.07 Å². The summed E-state index contributed by atoms with van der Waals surface area (Å²) in [7, 11) is 0. The summed E-state index contributed by atoms with van der Waals surface area (Å²) in [5, 5.41) is 0. The minimum absolute atomic E-state index is 0.101. The zero-order valence-electron chi connectivity index (χ0n) is 15.5. The fourth-order valence-electron chi connectivity index (χ4n) is 3.66. The van der Waals surface area contributed by atoms with E-state index in [0.717, 1.165) is 51.3 Å². The molecule has 3 rings (SSSR count). The quantitative estimate of drug-likeness (QED) is 0.816. The Morgan fingerprint density at radius 2 is 1.96 bits per heavy atom. The Labute approximate surface area is 154 Å². The second-order valence-corrected chi connectivity index (χ2v) is 6.91. The Morgan fingerprint density at radius 3 is 2.65 bits per heavy atom. The lowest BCUT2D eigenvalue weighted by Crippen LogP contribution is -2.52. The van der Waals surface area contributed by atoms with Crippen LogP contribution in [0.3, 0.4) is 0 Å². The smallest absolute Gasteiger partial charge is 0.409 e. The van der Waals surface area contributed by atoms with Gasteiger partial charge in [0.15, 0.2) is 0 Å². The van der Waals surface area contributed by atoms with E-state index in [9.17, 15) is 9.59 Å². The van der Waals surface area contributed by atoms with Crippen molar-refractivity contribution in [2.75, 3.05) is 45.9 Å². The van der Waals surface area contributed by atoms with Crippen molar-refractivity contribution in [3.63, 3.8) is 0 Å². The Hall–Kier alpha value is -2.15. The van der Waals surface area contributed by atoms with Gasteiger partial charge < -0.3 is 14.5 Å². The van der Waals surface area contributed by atoms with E-state index in [2.05, 4.69) is 9.88 Å². The predicted octanol–water partition coefficient (Wildman–Crippen LogP) is 1.59. The number of piperazine rings is 1. The van der Waals surface area contributed by atoms with Gasteiger partial charge >= 0.3 is 6.09 Å². The fourth-order valence-corrected chi connectivity index (χ4v) is 3.66. The number of pyridine rings is 1. The second-order valence-electron chi connectivity index (χ2n) is 6.91. The maximum atomic E-state index is 12.9. The van der Waals surface area contributed by atoms with Crippen LogP contribution in [0, 0.1) is 5.92 Å². The standard InChI is InChI=1S/C19H28N4O3/c1-2-26-19(25)23-9-5-6-16(14-23)18(24)22-12-10-21(11-13-22)15-17-7-3-4-8-20-17/h3-4,7-8,16H,2,5-6,9-15H2,1H3. The SMILES string of the molecule is CCOC(=O)N1CCCC(C(=O)N2CCN(Cc3ccccn3)CC2)C1. The van der Waals surface area contributed by atoms with Crippen LogP contribution in [0.25, 0.3) is 0 Å². The van der Waals surface area contributed by atoms with Crippen molar-refractivity contribution in [3.05, 3.63) is 30.1 Å². The highest BCUT2D eigenvalue weighted by Gasteiger charge is 2.33. The number of piperidine rings is 1. The largest absolute Gasteiger partial charge is 0.450 e. The van der Waals surface area contributed by atoms with Gasteiger partial charge in [-0.3, -0.25) is 14.7 Å². The van der Waals surface area contributed by atoms with E-state index in [-0.39, 0.29) is 17.9 Å². The van der Waals surface area contributed by atoms with Crippen LogP contribution in [0.1, 0.15) is 25.5 Å². The van der Waals surface area contributed by atoms with Gasteiger partial charge in [-0.2, -0.15) is 0 Å². The number of rotatable bonds is 4. The Morgan fingerprint density at radius 1 is 1.15 bits per heavy atom. The van der Waals surface area contributed by atoms with Crippen molar-refractivity contribution < 1.29 is 14.3 Å². The Kier molecular flexibility index (Phi) is 6.44. The van der Waals surface area contributed by atoms with E-state index in [1.54, 1.807) is 11.8 Å². The van der Waals surface area contributed by atoms with E-state index in [1.807, 2.05) is 29.3 Å². The normalized spacial score (nSPS) is 21.5. The maximum absolute atomic E-state index is 12.9. The van der Waals surface area contributed by atoms with Crippen LogP contribution in [-0.2, 0) is 16.1 Å². The van der Waals surface area contributed by atoms with Crippen molar-refractivity contribution in [1.82, 2.24) is 19.7 Å². The van der Waals surface area contributed by atoms with Crippen LogP contribution < -0.4 is 0 Å². The van der Waals surface area contributed by atoms with Crippen LogP contribution in [0.5, 0.6) is 0 Å². The Balaban J connectivity index is 1.48. The number of carbonyl (C=O) groups excluding carboxylic acids is 2. The molecule has 0 bridgehead atoms. The van der Waals surface area contributed by atoms with Gasteiger partial charge in [-0.25, -0.2) is 4.79 Å². The van der Waals surface area contributed by atoms with Crippen LogP contribution in [0.2, 0.25) is 0 Å². The molecule has 2 amide bonds. The molecule has 0 radical (unpaired) electrons. The molecule has 1 aromatic heterocycles. The third-order valence-electron chi connectivity index (χ3n) is 5.09. The highest BCUT2D eigenvalue weighted by Crippen LogP contribution is 2.20. The molecule has 0 aliphatic carbocycles. The molecule has 26 heavy (non-hydrogen) atoms. The first kappa shape index (κ1) is 18.6. The van der Waals surface area contributed by atoms with E-state index < -0.39 is 0 Å². The molecule has 2 aliphatic heterocycles. The lowest BCUT2D eigenvalue weighted by molar-refractivity contribution is -0.138. The first-order chi connectivity index (χ1) is 12.7. The summed E-state index contributed by atoms with van der Waals surface area (Å²) >= 11 is 0. The number of likely N-dealkylation sites (tertiary alicyclic amines) is 1. The molecule has 0 N–H and O–H groups in total. The third-order valence-corrected chi connectivity index (χ3v) is 5.09. The number of hydrogen-bond donors (Lipinski definition) is 0. The first-order valence-electron chi connectivity index (χ1n) is 9.50. The summed E-state index contributed by atoms with van der Waals surface area (Å²) < 4.78 is 5.08. The summed E-state index contributed by atoms with van der Waals surface area (Å²) in [5.74, 6) is 0.0759. The highest BCUT2D eigenvalue weighted by molar-refractivity contribution is 5.80. The monoisotopic (exact) mass is 360 g/mol. The topological polar surface area (TPSA) is 66.0 Å². The molecule has 142 valence electrons. The van der Waals surface area contributed by atoms with Crippen LogP contribution >= 0.6 is 0 Å². The molecular weight excluding hydrogens is 332 g/mol. The number of nitrogens with zero attached hydrogens (tertiary/aromatic N) is 4. The minimum atomic E-state index is -0.301. The van der Waals surface area contributed by atoms with Crippen LogP contribution in [0.4, 0.5) is 4.79 Å². The summed E-state index contributed by atoms with van der Waals surface area (Å²) in [4.78, 5) is 35.1. The number of amides is 2. The van der Waals surface area contributed by atoms with Gasteiger partial charge in [0.05, 0.1) is 18.2 Å². The first-order valence-corrected chi connectivity index (χ1v) is 9.50. The maximum Gasteiger partial charge on any atom is 0.409 e. The number of ether oxygens (including phenoxy) is 1. The minimum Gasteiger partial charge on any atom is -0.450 e. The van der Waals surface area contributed by atoms with Crippen molar-refractivity contribution in [1.29, 1.82) is 0 Å². The van der Waals surface area contributed by atoms with E-state index in [0.29, 0.717) is 19.7 Å². The molecule has 1 unspecified atom stereocenters. The predicted molar refractivity (Wildman–Crippen MR) is 97.4 cm³/mol. The third kappa shape index (κ3) is 4.72. The van der Waals surface area contributed by atoms with Gasteiger partial charge in [0, 0.05) is 52.0 Å². The highest BCUT2D eigenvalue weighted by atomic mass is 16.6. The molecule has 1 atom stereocenters. The van der Waals surface area contributed by atoms with Crippen molar-refractivity contribution in [2.24, 2.45) is 5.92 Å². The van der Waals surface area contributed by atoms with Gasteiger partial charge in [-0.15, -0.1) is 0 Å². The van der Waals surface area contributed by atoms with Gasteiger partial charge in [0.1, 0.15) is 0 Å². The molecule has 0 saturated carbocycles. The van der Waals surface area contributed by atoms with Crippen molar-refractivity contribution in [3.8, 4) is 0 Å². The molecule has 2 fully saturated rings. The molecule has 0 aromatic carbocycles. The number of aromatic nitrogens is 1. The molecule has 7 heteroatoms. The van der Waals surface area contributed by atoms with Gasteiger partial charge in [0.25, 0.3) is 0 Å². The lowest BCUT2D eigenvalue weighted by atomic mass is 9.96. The van der Waals surface area contributed by atoms with E-state index in [1.165, 1.54) is 0 Å². The van der Waals surface area contributed by atoms with Crippen LogP contribution in [0.15, 0.2) is 24.4 Å². The molecule has 3 heterocycles. The van der Waals surface area contributed by atoms with E-state index >= 15 is 0 Å². The van der Waals surface area contributed by atoms with Gasteiger partial charge in [0.2, 0.25) is 5.91 Å². The number of hydrogen-bond acceptors (Lipinski definition) is 5. The summed E-state index contributed by atoms with van der Waals surface area (Å²) in [5.41, 5.74) is 1.06.